The van der Waals surface area contributed by atoms with Gasteiger partial charge in [-0.05, 0) is 74.5 Å². The molecule has 2 aromatic heterocycles. The number of fused-ring (bicyclic) bond motifs is 1. The molecule has 5 rings (SSSR count). The number of benzene rings is 2. The second-order valence-electron chi connectivity index (χ2n) is 9.72. The van der Waals surface area contributed by atoms with E-state index in [9.17, 15) is 4.79 Å². The van der Waals surface area contributed by atoms with E-state index in [-0.39, 0.29) is 5.91 Å². The van der Waals surface area contributed by atoms with E-state index in [0.29, 0.717) is 0 Å². The third-order valence-electron chi connectivity index (χ3n) is 6.92. The lowest BCUT2D eigenvalue weighted by Gasteiger charge is -2.32. The summed E-state index contributed by atoms with van der Waals surface area (Å²) in [6.07, 6.45) is 0.863. The van der Waals surface area contributed by atoms with Crippen LogP contribution in [0.3, 0.4) is 0 Å². The molecule has 1 saturated heterocycles. The smallest absolute Gasteiger partial charge is 0.253 e. The maximum Gasteiger partial charge on any atom is 0.253 e. The predicted octanol–water partition coefficient (Wildman–Crippen LogP) is 4.79. The molecule has 2 aromatic carbocycles. The molecule has 36 heavy (non-hydrogen) atoms. The molecule has 0 saturated carbocycles. The van der Waals surface area contributed by atoms with Gasteiger partial charge in [0.25, 0.3) is 5.91 Å². The number of amides is 1. The molecule has 1 aliphatic heterocycles. The number of carbonyl (C=O) groups excluding carboxylic acids is 1. The van der Waals surface area contributed by atoms with E-state index >= 15 is 0 Å². The first-order valence-electron chi connectivity index (χ1n) is 12.7. The molecule has 0 bridgehead atoms. The summed E-state index contributed by atoms with van der Waals surface area (Å²) in [6, 6.07) is 18.3. The highest BCUT2D eigenvalue weighted by Crippen LogP contribution is 2.23. The van der Waals surface area contributed by atoms with Gasteiger partial charge in [-0.15, -0.1) is 0 Å². The lowest BCUT2D eigenvalue weighted by Crippen LogP contribution is -2.47. The first-order valence-corrected chi connectivity index (χ1v) is 12.7. The zero-order valence-electron chi connectivity index (χ0n) is 21.6. The zero-order valence-corrected chi connectivity index (χ0v) is 21.6. The molecule has 0 unspecified atom stereocenters. The molecular formula is C29H34N6O. The van der Waals surface area contributed by atoms with E-state index in [0.717, 1.165) is 78.8 Å². The third-order valence-corrected chi connectivity index (χ3v) is 6.92. The molecule has 186 valence electrons. The molecule has 0 spiro atoms. The number of hydrogen-bond acceptors (Lipinski definition) is 5. The number of aryl methyl sites for hydroxylation is 3. The van der Waals surface area contributed by atoms with E-state index in [2.05, 4.69) is 66.0 Å². The fourth-order valence-corrected chi connectivity index (χ4v) is 4.82. The largest absolute Gasteiger partial charge is 0.356 e. The van der Waals surface area contributed by atoms with Gasteiger partial charge in [-0.25, -0.2) is 9.97 Å². The molecule has 4 aromatic rings. The summed E-state index contributed by atoms with van der Waals surface area (Å²) >= 11 is 0. The van der Waals surface area contributed by atoms with Gasteiger partial charge in [0.05, 0.1) is 6.54 Å². The van der Waals surface area contributed by atoms with Crippen LogP contribution in [-0.2, 0) is 13.0 Å². The Kier molecular flexibility index (Phi) is 6.74. The van der Waals surface area contributed by atoms with E-state index in [1.54, 1.807) is 0 Å². The molecule has 1 fully saturated rings. The summed E-state index contributed by atoms with van der Waals surface area (Å²) in [4.78, 5) is 26.6. The standard InChI is InChI=1S/C29H34N6O/c1-5-26-32-27-20(2)18-21(3)30-28(27)35(26)19-22-6-10-24(11-7-22)31-25-12-8-23(9-13-25)29(36)34-16-14-33(4)15-17-34/h6-13,18,31H,5,14-17,19H2,1-4H3. The molecule has 1 N–H and O–H groups in total. The first-order chi connectivity index (χ1) is 17.4. The van der Waals surface area contributed by atoms with Crippen molar-refractivity contribution in [2.75, 3.05) is 38.5 Å². The molecule has 0 radical (unpaired) electrons. The van der Waals surface area contributed by atoms with Crippen molar-refractivity contribution in [2.45, 2.75) is 33.7 Å². The summed E-state index contributed by atoms with van der Waals surface area (Å²) in [7, 11) is 2.09. The summed E-state index contributed by atoms with van der Waals surface area (Å²) in [6.45, 7) is 10.4. The Morgan fingerprint density at radius 3 is 2.19 bits per heavy atom. The quantitative estimate of drug-likeness (QED) is 0.428. The van der Waals surface area contributed by atoms with Crippen LogP contribution in [0.5, 0.6) is 0 Å². The molecule has 1 aliphatic rings. The van der Waals surface area contributed by atoms with Gasteiger partial charge in [-0.3, -0.25) is 4.79 Å². The summed E-state index contributed by atoms with van der Waals surface area (Å²) in [5.41, 5.74) is 8.03. The zero-order chi connectivity index (χ0) is 25.2. The lowest BCUT2D eigenvalue weighted by molar-refractivity contribution is 0.0664. The van der Waals surface area contributed by atoms with Gasteiger partial charge in [0.2, 0.25) is 0 Å². The molecule has 0 atom stereocenters. The van der Waals surface area contributed by atoms with Crippen LogP contribution in [0.1, 0.15) is 39.9 Å². The molecule has 1 amide bonds. The van der Waals surface area contributed by atoms with Gasteiger partial charge in [0.1, 0.15) is 11.3 Å². The SMILES string of the molecule is CCc1nc2c(C)cc(C)nc2n1Cc1ccc(Nc2ccc(C(=O)N3CCN(C)CC3)cc2)cc1. The van der Waals surface area contributed by atoms with Crippen molar-refractivity contribution in [1.29, 1.82) is 0 Å². The van der Waals surface area contributed by atoms with Crippen LogP contribution < -0.4 is 5.32 Å². The number of anilines is 2. The summed E-state index contributed by atoms with van der Waals surface area (Å²) < 4.78 is 2.23. The normalized spacial score (nSPS) is 14.4. The highest BCUT2D eigenvalue weighted by Gasteiger charge is 2.20. The van der Waals surface area contributed by atoms with Crippen LogP contribution in [-0.4, -0.2) is 63.5 Å². The number of nitrogens with one attached hydrogen (secondary N) is 1. The predicted molar refractivity (Wildman–Crippen MR) is 145 cm³/mol. The van der Waals surface area contributed by atoms with Crippen LogP contribution in [0.4, 0.5) is 11.4 Å². The van der Waals surface area contributed by atoms with Gasteiger partial charge in [0, 0.05) is 55.2 Å². The van der Waals surface area contributed by atoms with Crippen molar-refractivity contribution in [3.63, 3.8) is 0 Å². The number of rotatable bonds is 6. The van der Waals surface area contributed by atoms with Gasteiger partial charge >= 0.3 is 0 Å². The van der Waals surface area contributed by atoms with Crippen LogP contribution in [0.25, 0.3) is 11.2 Å². The number of piperazine rings is 1. The number of likely N-dealkylation sites (N-methyl/N-ethyl adjacent to an activating group) is 1. The Morgan fingerprint density at radius 1 is 0.917 bits per heavy atom. The average Bonchev–Trinajstić information content (AvgIpc) is 3.23. The average molecular weight is 483 g/mol. The molecule has 3 heterocycles. The van der Waals surface area contributed by atoms with Crippen molar-refractivity contribution in [2.24, 2.45) is 0 Å². The number of carbonyl (C=O) groups is 1. The summed E-state index contributed by atoms with van der Waals surface area (Å²) in [5, 5.41) is 3.45. The monoisotopic (exact) mass is 482 g/mol. The highest BCUT2D eigenvalue weighted by molar-refractivity contribution is 5.94. The second-order valence-corrected chi connectivity index (χ2v) is 9.72. The van der Waals surface area contributed by atoms with E-state index in [4.69, 9.17) is 9.97 Å². The molecular weight excluding hydrogens is 448 g/mol. The second kappa shape index (κ2) is 10.1. The van der Waals surface area contributed by atoms with Crippen molar-refractivity contribution >= 4 is 28.4 Å². The Labute approximate surface area is 212 Å². The van der Waals surface area contributed by atoms with Gasteiger partial charge < -0.3 is 19.7 Å². The Morgan fingerprint density at radius 2 is 1.56 bits per heavy atom. The first kappa shape index (κ1) is 24.0. The highest BCUT2D eigenvalue weighted by atomic mass is 16.2. The van der Waals surface area contributed by atoms with Crippen molar-refractivity contribution in [3.05, 3.63) is 82.8 Å². The van der Waals surface area contributed by atoms with E-state index < -0.39 is 0 Å². The van der Waals surface area contributed by atoms with Gasteiger partial charge in [-0.1, -0.05) is 19.1 Å². The minimum absolute atomic E-state index is 0.109. The maximum atomic E-state index is 12.8. The molecule has 7 nitrogen and oxygen atoms in total. The Hall–Kier alpha value is -3.71. The minimum Gasteiger partial charge on any atom is -0.356 e. The van der Waals surface area contributed by atoms with Crippen LogP contribution in [0.15, 0.2) is 54.6 Å². The minimum atomic E-state index is 0.109. The van der Waals surface area contributed by atoms with E-state index in [1.807, 2.05) is 36.1 Å². The number of aromatic nitrogens is 3. The lowest BCUT2D eigenvalue weighted by atomic mass is 10.1. The van der Waals surface area contributed by atoms with Crippen molar-refractivity contribution < 1.29 is 4.79 Å². The molecule has 7 heteroatoms. The van der Waals surface area contributed by atoms with Gasteiger partial charge in [-0.2, -0.15) is 0 Å². The number of pyridine rings is 1. The summed E-state index contributed by atoms with van der Waals surface area (Å²) in [5.74, 6) is 1.16. The van der Waals surface area contributed by atoms with E-state index in [1.165, 1.54) is 11.1 Å². The van der Waals surface area contributed by atoms with Crippen molar-refractivity contribution in [1.82, 2.24) is 24.3 Å². The number of nitrogens with zero attached hydrogens (tertiary/aromatic N) is 5. The fourth-order valence-electron chi connectivity index (χ4n) is 4.82. The number of hydrogen-bond donors (Lipinski definition) is 1. The van der Waals surface area contributed by atoms with Crippen molar-refractivity contribution in [3.8, 4) is 0 Å². The Bertz CT molecular complexity index is 1370. The fraction of sp³-hybridized carbons (Fsp3) is 0.345. The molecule has 0 aliphatic carbocycles. The van der Waals surface area contributed by atoms with Crippen LogP contribution in [0, 0.1) is 13.8 Å². The van der Waals surface area contributed by atoms with Gasteiger partial charge in [0.15, 0.2) is 5.65 Å². The topological polar surface area (TPSA) is 66.3 Å². The number of imidazole rings is 1. The maximum absolute atomic E-state index is 12.8. The van der Waals surface area contributed by atoms with Crippen LogP contribution >= 0.6 is 0 Å². The van der Waals surface area contributed by atoms with Crippen LogP contribution in [0.2, 0.25) is 0 Å². The Balaban J connectivity index is 1.26. The third kappa shape index (κ3) is 4.97.